The van der Waals surface area contributed by atoms with Crippen molar-refractivity contribution >= 4 is 27.5 Å². The molecule has 1 aliphatic rings. The lowest BCUT2D eigenvalue weighted by atomic mass is 10.0. The van der Waals surface area contributed by atoms with Crippen LogP contribution in [-0.2, 0) is 14.8 Å². The fraction of sp³-hybridized carbons (Fsp3) is 0.444. The molecule has 48 heavy (non-hydrogen) atoms. The number of benzene rings is 3. The number of methoxy groups -OCH3 is 1. The predicted molar refractivity (Wildman–Crippen MR) is 184 cm³/mol. The summed E-state index contributed by atoms with van der Waals surface area (Å²) in [6.45, 7) is 6.31. The quantitative estimate of drug-likeness (QED) is 0.320. The van der Waals surface area contributed by atoms with Gasteiger partial charge in [-0.05, 0) is 87.7 Å². The van der Waals surface area contributed by atoms with Gasteiger partial charge in [-0.25, -0.2) is 8.42 Å². The van der Waals surface area contributed by atoms with Crippen molar-refractivity contribution in [2.24, 2.45) is 5.92 Å². The van der Waals surface area contributed by atoms with E-state index in [4.69, 9.17) is 14.2 Å². The highest BCUT2D eigenvalue weighted by Gasteiger charge is 2.31. The van der Waals surface area contributed by atoms with E-state index in [1.165, 1.54) is 25.3 Å². The summed E-state index contributed by atoms with van der Waals surface area (Å²) in [4.78, 5) is 30.8. The minimum absolute atomic E-state index is 0.0330. The van der Waals surface area contributed by atoms with Crippen molar-refractivity contribution in [3.63, 3.8) is 0 Å². The van der Waals surface area contributed by atoms with Crippen LogP contribution in [0.4, 0.5) is 5.69 Å². The summed E-state index contributed by atoms with van der Waals surface area (Å²) in [6, 6.07) is 19.1. The lowest BCUT2D eigenvalue weighted by Gasteiger charge is -2.36. The second kappa shape index (κ2) is 16.8. The van der Waals surface area contributed by atoms with Crippen LogP contribution in [0.2, 0.25) is 0 Å². The van der Waals surface area contributed by atoms with Gasteiger partial charge in [-0.2, -0.15) is 0 Å². The van der Waals surface area contributed by atoms with Crippen LogP contribution in [0.1, 0.15) is 60.7 Å². The van der Waals surface area contributed by atoms with Crippen LogP contribution in [0.25, 0.3) is 0 Å². The summed E-state index contributed by atoms with van der Waals surface area (Å²) in [5, 5.41) is 10.2. The van der Waals surface area contributed by atoms with Gasteiger partial charge in [0.2, 0.25) is 0 Å². The molecule has 4 atom stereocenters. The number of nitrogens with one attached hydrogen (secondary N) is 1. The van der Waals surface area contributed by atoms with Gasteiger partial charge in [0.05, 0.1) is 42.4 Å². The summed E-state index contributed by atoms with van der Waals surface area (Å²) >= 11 is 0. The number of hydrogen-bond donors (Lipinski definition) is 2. The number of likely N-dealkylation sites (N-methyl/N-ethyl adjacent to an activating group) is 1. The molecular weight excluding hydrogens is 634 g/mol. The van der Waals surface area contributed by atoms with E-state index in [1.807, 2.05) is 32.0 Å². The number of hydrogen-bond acceptors (Lipinski definition) is 8. The molecule has 3 aromatic carbocycles. The number of carbonyl (C=O) groups is 2. The number of anilines is 1. The Hall–Kier alpha value is -4.13. The molecule has 3 aromatic rings. The number of nitrogens with zero attached hydrogens (tertiary/aromatic N) is 2. The van der Waals surface area contributed by atoms with Gasteiger partial charge in [0.15, 0.2) is 0 Å². The fourth-order valence-corrected chi connectivity index (χ4v) is 6.62. The number of ether oxygens (including phenoxy) is 3. The molecule has 0 spiro atoms. The highest BCUT2D eigenvalue weighted by atomic mass is 32.2. The maximum absolute atomic E-state index is 14.4. The zero-order valence-electron chi connectivity index (χ0n) is 28.3. The summed E-state index contributed by atoms with van der Waals surface area (Å²) in [6.07, 6.45) is 1.66. The topological polar surface area (TPSA) is 135 Å². The number of sulfonamides is 1. The zero-order valence-corrected chi connectivity index (χ0v) is 29.1. The molecule has 0 aromatic heterocycles. The van der Waals surface area contributed by atoms with Crippen LogP contribution in [-0.4, -0.2) is 93.8 Å². The minimum atomic E-state index is -3.99. The van der Waals surface area contributed by atoms with Gasteiger partial charge < -0.3 is 29.1 Å². The first-order valence-electron chi connectivity index (χ1n) is 16.2. The first kappa shape index (κ1) is 36.7. The molecule has 0 bridgehead atoms. The smallest absolute Gasteiger partial charge is 0.261 e. The van der Waals surface area contributed by atoms with Gasteiger partial charge in [-0.1, -0.05) is 25.1 Å². The Kier molecular flexibility index (Phi) is 12.9. The van der Waals surface area contributed by atoms with E-state index < -0.39 is 28.1 Å². The van der Waals surface area contributed by atoms with E-state index in [1.54, 1.807) is 60.2 Å². The monoisotopic (exact) mass is 681 g/mol. The van der Waals surface area contributed by atoms with Gasteiger partial charge >= 0.3 is 0 Å². The summed E-state index contributed by atoms with van der Waals surface area (Å²) in [5.74, 6) is 0.0387. The van der Waals surface area contributed by atoms with Crippen molar-refractivity contribution in [1.82, 2.24) is 9.80 Å². The fourth-order valence-electron chi connectivity index (χ4n) is 5.57. The third-order valence-corrected chi connectivity index (χ3v) is 9.89. The standard InChI is InChI=1S/C36H47N3O8S/c1-25-22-39(26(2)24-40)36(42)32-21-29(37-48(43,44)31-17-15-30(45-5)16-18-31)14-19-33(32)47-27(3)11-9-10-20-46-34(25)23-38(4)35(41)28-12-7-6-8-13-28/h6-8,12-19,21,25-27,34,37,40H,9-11,20,22-24H2,1-5H3/t25-,26+,27-,34-/m1/s1. The molecular formula is C36H47N3O8S. The van der Waals surface area contributed by atoms with Gasteiger partial charge in [0.25, 0.3) is 21.8 Å². The number of rotatable bonds is 9. The number of fused-ring (bicyclic) bond motifs is 1. The lowest BCUT2D eigenvalue weighted by molar-refractivity contribution is -0.0149. The Balaban J connectivity index is 1.65. The molecule has 11 nitrogen and oxygen atoms in total. The lowest BCUT2D eigenvalue weighted by Crippen LogP contribution is -2.48. The predicted octanol–water partition coefficient (Wildman–Crippen LogP) is 5.06. The van der Waals surface area contributed by atoms with Crippen molar-refractivity contribution in [1.29, 1.82) is 0 Å². The first-order valence-corrected chi connectivity index (χ1v) is 17.7. The van der Waals surface area contributed by atoms with Gasteiger partial charge in [-0.3, -0.25) is 14.3 Å². The van der Waals surface area contributed by atoms with E-state index in [2.05, 4.69) is 4.72 Å². The van der Waals surface area contributed by atoms with Crippen LogP contribution in [0.3, 0.4) is 0 Å². The molecule has 0 fully saturated rings. The Morgan fingerprint density at radius 3 is 2.46 bits per heavy atom. The van der Waals surface area contributed by atoms with E-state index in [9.17, 15) is 23.1 Å². The van der Waals surface area contributed by atoms with E-state index in [-0.39, 0.29) is 47.2 Å². The molecule has 2 amide bonds. The Bertz CT molecular complexity index is 1620. The first-order chi connectivity index (χ1) is 22.9. The van der Waals surface area contributed by atoms with Crippen molar-refractivity contribution in [3.8, 4) is 11.5 Å². The summed E-state index contributed by atoms with van der Waals surface area (Å²) < 4.78 is 46.8. The summed E-state index contributed by atoms with van der Waals surface area (Å²) in [7, 11) is -0.758. The maximum Gasteiger partial charge on any atom is 0.261 e. The van der Waals surface area contributed by atoms with Crippen LogP contribution >= 0.6 is 0 Å². The highest BCUT2D eigenvalue weighted by molar-refractivity contribution is 7.92. The molecule has 1 aliphatic heterocycles. The van der Waals surface area contributed by atoms with Crippen LogP contribution in [0, 0.1) is 5.92 Å². The van der Waals surface area contributed by atoms with E-state index >= 15 is 0 Å². The molecule has 12 heteroatoms. The molecule has 4 rings (SSSR count). The molecule has 1 heterocycles. The Labute approximate surface area is 283 Å². The number of carbonyl (C=O) groups excluding carboxylic acids is 2. The molecule has 0 aliphatic carbocycles. The molecule has 260 valence electrons. The minimum Gasteiger partial charge on any atom is -0.497 e. The van der Waals surface area contributed by atoms with Crippen LogP contribution in [0.5, 0.6) is 11.5 Å². The van der Waals surface area contributed by atoms with E-state index in [0.717, 1.165) is 12.8 Å². The van der Waals surface area contributed by atoms with Crippen molar-refractivity contribution in [2.45, 2.75) is 63.2 Å². The molecule has 0 saturated heterocycles. The number of aliphatic hydroxyl groups is 1. The average molecular weight is 682 g/mol. The highest BCUT2D eigenvalue weighted by Crippen LogP contribution is 2.30. The second-order valence-corrected chi connectivity index (χ2v) is 14.0. The molecule has 0 saturated carbocycles. The van der Waals surface area contributed by atoms with Crippen molar-refractivity contribution in [3.05, 3.63) is 83.9 Å². The Morgan fingerprint density at radius 1 is 1.08 bits per heavy atom. The third kappa shape index (κ3) is 9.48. The second-order valence-electron chi connectivity index (χ2n) is 12.3. The number of amides is 2. The Morgan fingerprint density at radius 2 is 1.79 bits per heavy atom. The van der Waals surface area contributed by atoms with Crippen molar-refractivity contribution < 1.29 is 37.3 Å². The normalized spacial score (nSPS) is 20.1. The van der Waals surface area contributed by atoms with Gasteiger partial charge in [0, 0.05) is 43.9 Å². The SMILES string of the molecule is COc1ccc(S(=O)(=O)Nc2ccc3c(c2)C(=O)N([C@@H](C)CO)C[C@@H](C)[C@@H](CN(C)C(=O)c2ccccc2)OCCCC[C@@H](C)O3)cc1. The van der Waals surface area contributed by atoms with Gasteiger partial charge in [-0.15, -0.1) is 0 Å². The molecule has 0 radical (unpaired) electrons. The van der Waals surface area contributed by atoms with E-state index in [0.29, 0.717) is 36.6 Å². The van der Waals surface area contributed by atoms with Crippen LogP contribution in [0.15, 0.2) is 77.7 Å². The average Bonchev–Trinajstić information content (AvgIpc) is 3.09. The van der Waals surface area contributed by atoms with Crippen molar-refractivity contribution in [2.75, 3.05) is 45.2 Å². The van der Waals surface area contributed by atoms with Crippen LogP contribution < -0.4 is 14.2 Å². The largest absolute Gasteiger partial charge is 0.497 e. The number of aliphatic hydroxyl groups excluding tert-OH is 1. The molecule has 2 N–H and O–H groups in total. The maximum atomic E-state index is 14.4. The zero-order chi connectivity index (χ0) is 34.8. The summed E-state index contributed by atoms with van der Waals surface area (Å²) in [5.41, 5.74) is 0.917. The van der Waals surface area contributed by atoms with Gasteiger partial charge in [0.1, 0.15) is 11.5 Å². The third-order valence-electron chi connectivity index (χ3n) is 8.49. The molecule has 0 unspecified atom stereocenters.